The largest absolute Gasteiger partial charge is 0.472 e. The molecule has 0 unspecified atom stereocenters. The van der Waals surface area contributed by atoms with Crippen LogP contribution in [0, 0.1) is 0 Å². The lowest BCUT2D eigenvalue weighted by atomic mass is 10.1. The lowest BCUT2D eigenvalue weighted by Gasteiger charge is -2.26. The van der Waals surface area contributed by atoms with Gasteiger partial charge in [-0.25, -0.2) is 4.98 Å². The second kappa shape index (κ2) is 7.00. The molecule has 4 heterocycles. The van der Waals surface area contributed by atoms with Crippen LogP contribution in [0.3, 0.4) is 0 Å². The van der Waals surface area contributed by atoms with Crippen LogP contribution in [-0.4, -0.2) is 33.2 Å². The molecular formula is C17H13BrN4O3S. The quantitative estimate of drug-likeness (QED) is 0.685. The number of aromatic nitrogens is 2. The van der Waals surface area contributed by atoms with Crippen molar-refractivity contribution in [3.8, 4) is 0 Å². The zero-order valence-corrected chi connectivity index (χ0v) is 15.8. The molecule has 0 bridgehead atoms. The first-order valence-electron chi connectivity index (χ1n) is 7.82. The Morgan fingerprint density at radius 1 is 1.31 bits per heavy atom. The van der Waals surface area contributed by atoms with Gasteiger partial charge in [0.05, 0.1) is 29.6 Å². The third-order valence-electron chi connectivity index (χ3n) is 3.97. The van der Waals surface area contributed by atoms with Gasteiger partial charge in [0.25, 0.3) is 11.8 Å². The van der Waals surface area contributed by atoms with Gasteiger partial charge in [-0.05, 0) is 28.1 Å². The molecule has 26 heavy (non-hydrogen) atoms. The molecule has 0 aromatic carbocycles. The Bertz CT molecular complexity index is 970. The Morgan fingerprint density at radius 2 is 2.19 bits per heavy atom. The van der Waals surface area contributed by atoms with E-state index in [4.69, 9.17) is 4.42 Å². The number of carbonyl (C=O) groups is 2. The fraction of sp³-hybridized carbons (Fsp3) is 0.176. The molecule has 1 aliphatic heterocycles. The number of hydrogen-bond donors (Lipinski definition) is 1. The van der Waals surface area contributed by atoms with Gasteiger partial charge in [0, 0.05) is 34.7 Å². The summed E-state index contributed by atoms with van der Waals surface area (Å²) in [6, 6.07) is 3.35. The lowest BCUT2D eigenvalue weighted by Crippen LogP contribution is -2.35. The van der Waals surface area contributed by atoms with Crippen LogP contribution in [0.5, 0.6) is 0 Å². The number of hydrogen-bond acceptors (Lipinski definition) is 6. The van der Waals surface area contributed by atoms with Gasteiger partial charge in [-0.1, -0.05) is 11.3 Å². The molecular weight excluding hydrogens is 420 g/mol. The molecule has 3 aromatic heterocycles. The number of pyridine rings is 1. The Balaban J connectivity index is 1.48. The van der Waals surface area contributed by atoms with E-state index in [0.717, 1.165) is 15.0 Å². The van der Waals surface area contributed by atoms with Crippen molar-refractivity contribution in [2.24, 2.45) is 0 Å². The lowest BCUT2D eigenvalue weighted by molar-refractivity contribution is 0.0735. The van der Waals surface area contributed by atoms with Crippen molar-refractivity contribution in [3.05, 3.63) is 63.2 Å². The van der Waals surface area contributed by atoms with Crippen LogP contribution in [0.2, 0.25) is 0 Å². The van der Waals surface area contributed by atoms with Crippen molar-refractivity contribution in [3.63, 3.8) is 0 Å². The second-order valence-electron chi connectivity index (χ2n) is 5.72. The third kappa shape index (κ3) is 3.40. The van der Waals surface area contributed by atoms with Gasteiger partial charge >= 0.3 is 0 Å². The highest BCUT2D eigenvalue weighted by atomic mass is 79.9. The number of nitrogens with zero attached hydrogens (tertiary/aromatic N) is 3. The molecule has 0 spiro atoms. The predicted octanol–water partition coefficient (Wildman–Crippen LogP) is 3.34. The minimum atomic E-state index is -0.266. The molecule has 0 saturated carbocycles. The van der Waals surface area contributed by atoms with Gasteiger partial charge in [0.15, 0.2) is 5.13 Å². The molecule has 3 aromatic rings. The molecule has 9 heteroatoms. The number of halogens is 1. The van der Waals surface area contributed by atoms with E-state index in [0.29, 0.717) is 35.8 Å². The molecule has 2 amide bonds. The van der Waals surface area contributed by atoms with Gasteiger partial charge in [0.2, 0.25) is 0 Å². The summed E-state index contributed by atoms with van der Waals surface area (Å²) >= 11 is 4.72. The van der Waals surface area contributed by atoms with Crippen LogP contribution in [0.15, 0.2) is 45.9 Å². The molecule has 0 atom stereocenters. The molecule has 132 valence electrons. The highest BCUT2D eigenvalue weighted by Gasteiger charge is 2.25. The number of nitrogens with one attached hydrogen (secondary N) is 1. The number of fused-ring (bicyclic) bond motifs is 1. The first-order chi connectivity index (χ1) is 12.6. The molecule has 0 aliphatic carbocycles. The first-order valence-corrected chi connectivity index (χ1v) is 9.43. The molecule has 1 N–H and O–H groups in total. The SMILES string of the molecule is O=C(Nc1nc2c(s1)CN(C(=O)c1cncc(Br)c1)CC2)c1ccoc1. The van der Waals surface area contributed by atoms with E-state index in [2.05, 4.69) is 31.2 Å². The van der Waals surface area contributed by atoms with E-state index >= 15 is 0 Å². The van der Waals surface area contributed by atoms with Crippen LogP contribution >= 0.6 is 27.3 Å². The summed E-state index contributed by atoms with van der Waals surface area (Å²) in [5, 5.41) is 3.30. The van der Waals surface area contributed by atoms with Crippen molar-refractivity contribution in [1.29, 1.82) is 0 Å². The maximum absolute atomic E-state index is 12.7. The highest BCUT2D eigenvalue weighted by Crippen LogP contribution is 2.29. The van der Waals surface area contributed by atoms with E-state index in [1.54, 1.807) is 29.4 Å². The molecule has 7 nitrogen and oxygen atoms in total. The maximum atomic E-state index is 12.7. The number of thiazole rings is 1. The summed E-state index contributed by atoms with van der Waals surface area (Å²) in [7, 11) is 0. The van der Waals surface area contributed by atoms with Gasteiger partial charge < -0.3 is 9.32 Å². The van der Waals surface area contributed by atoms with E-state index in [-0.39, 0.29) is 11.8 Å². The van der Waals surface area contributed by atoms with Crippen LogP contribution < -0.4 is 5.32 Å². The maximum Gasteiger partial charge on any atom is 0.260 e. The van der Waals surface area contributed by atoms with E-state index in [9.17, 15) is 9.59 Å². The van der Waals surface area contributed by atoms with Crippen LogP contribution in [-0.2, 0) is 13.0 Å². The highest BCUT2D eigenvalue weighted by molar-refractivity contribution is 9.10. The molecule has 0 radical (unpaired) electrons. The number of rotatable bonds is 3. The average molecular weight is 433 g/mol. The van der Waals surface area contributed by atoms with Gasteiger partial charge in [0.1, 0.15) is 6.26 Å². The summed E-state index contributed by atoms with van der Waals surface area (Å²) in [6.07, 6.45) is 6.69. The normalized spacial score (nSPS) is 13.3. The minimum absolute atomic E-state index is 0.0677. The number of amides is 2. The van der Waals surface area contributed by atoms with Crippen molar-refractivity contribution in [1.82, 2.24) is 14.9 Å². The Labute approximate surface area is 161 Å². The fourth-order valence-electron chi connectivity index (χ4n) is 2.70. The van der Waals surface area contributed by atoms with E-state index < -0.39 is 0 Å². The Kier molecular flexibility index (Phi) is 4.56. The molecule has 0 fully saturated rings. The summed E-state index contributed by atoms with van der Waals surface area (Å²) in [4.78, 5) is 36.0. The fourth-order valence-corrected chi connectivity index (χ4v) is 4.08. The second-order valence-corrected chi connectivity index (χ2v) is 7.72. The van der Waals surface area contributed by atoms with Crippen molar-refractivity contribution in [2.75, 3.05) is 11.9 Å². The topological polar surface area (TPSA) is 88.3 Å². The summed E-state index contributed by atoms with van der Waals surface area (Å²) < 4.78 is 5.68. The van der Waals surface area contributed by atoms with Crippen LogP contribution in [0.4, 0.5) is 5.13 Å². The van der Waals surface area contributed by atoms with Crippen LogP contribution in [0.1, 0.15) is 31.3 Å². The predicted molar refractivity (Wildman–Crippen MR) is 99.2 cm³/mol. The van der Waals surface area contributed by atoms with Gasteiger partial charge in [-0.15, -0.1) is 0 Å². The standard InChI is InChI=1S/C17H13BrN4O3S/c18-12-5-11(6-19-7-12)16(24)22-3-1-13-14(8-22)26-17(20-13)21-15(23)10-2-4-25-9-10/h2,4-7,9H,1,3,8H2,(H,20,21,23). The van der Waals surface area contributed by atoms with Crippen molar-refractivity contribution in [2.45, 2.75) is 13.0 Å². The monoisotopic (exact) mass is 432 g/mol. The summed E-state index contributed by atoms with van der Waals surface area (Å²) in [5.74, 6) is -0.333. The van der Waals surface area contributed by atoms with Crippen molar-refractivity contribution >= 4 is 44.2 Å². The number of anilines is 1. The summed E-state index contributed by atoms with van der Waals surface area (Å²) in [5.41, 5.74) is 1.91. The van der Waals surface area contributed by atoms with Gasteiger partial charge in [-0.3, -0.25) is 19.9 Å². The third-order valence-corrected chi connectivity index (χ3v) is 5.41. The number of furan rings is 1. The Hall–Kier alpha value is -2.52. The van der Waals surface area contributed by atoms with E-state index in [1.807, 2.05) is 0 Å². The average Bonchev–Trinajstić information content (AvgIpc) is 3.29. The first kappa shape index (κ1) is 16.9. The zero-order chi connectivity index (χ0) is 18.1. The zero-order valence-electron chi connectivity index (χ0n) is 13.4. The minimum Gasteiger partial charge on any atom is -0.472 e. The molecule has 4 rings (SSSR count). The number of carbonyl (C=O) groups excluding carboxylic acids is 2. The van der Waals surface area contributed by atoms with Crippen molar-refractivity contribution < 1.29 is 14.0 Å². The summed E-state index contributed by atoms with van der Waals surface area (Å²) in [6.45, 7) is 1.05. The van der Waals surface area contributed by atoms with E-state index in [1.165, 1.54) is 23.9 Å². The van der Waals surface area contributed by atoms with Crippen LogP contribution in [0.25, 0.3) is 0 Å². The smallest absolute Gasteiger partial charge is 0.260 e. The molecule has 0 saturated heterocycles. The van der Waals surface area contributed by atoms with Gasteiger partial charge in [-0.2, -0.15) is 0 Å². The molecule has 1 aliphatic rings. The Morgan fingerprint density at radius 3 is 2.96 bits per heavy atom.